The van der Waals surface area contributed by atoms with Gasteiger partial charge in [0.1, 0.15) is 5.82 Å². The summed E-state index contributed by atoms with van der Waals surface area (Å²) in [6.07, 6.45) is 2.97. The summed E-state index contributed by atoms with van der Waals surface area (Å²) in [7, 11) is 0. The first-order chi connectivity index (χ1) is 13.3. The Balaban J connectivity index is 1.69. The third-order valence-corrected chi connectivity index (χ3v) is 5.66. The number of aromatic carboxylic acids is 1. The fraction of sp³-hybridized carbons (Fsp3) is 0.368. The van der Waals surface area contributed by atoms with Gasteiger partial charge in [-0.05, 0) is 42.2 Å². The summed E-state index contributed by atoms with van der Waals surface area (Å²) >= 11 is 1.35. The van der Waals surface area contributed by atoms with Crippen molar-refractivity contribution in [1.29, 1.82) is 0 Å². The van der Waals surface area contributed by atoms with Gasteiger partial charge in [-0.25, -0.2) is 14.2 Å². The van der Waals surface area contributed by atoms with E-state index in [9.17, 15) is 24.5 Å². The van der Waals surface area contributed by atoms with Crippen LogP contribution in [-0.4, -0.2) is 55.3 Å². The Hall–Kier alpha value is -2.20. The number of carbonyl (C=O) groups is 1. The van der Waals surface area contributed by atoms with Crippen LogP contribution in [0.15, 0.2) is 36.5 Å². The number of nitrogens with one attached hydrogen (secondary N) is 1. The molecule has 150 valence electrons. The topological polar surface area (TPSA) is 106 Å². The zero-order chi connectivity index (χ0) is 20.1. The fourth-order valence-electron chi connectivity index (χ4n) is 3.00. The molecule has 1 fully saturated rings. The van der Waals surface area contributed by atoms with Gasteiger partial charge in [-0.15, -0.1) is 0 Å². The predicted octanol–water partition coefficient (Wildman–Crippen LogP) is 2.30. The highest BCUT2D eigenvalue weighted by molar-refractivity contribution is 7.97. The van der Waals surface area contributed by atoms with Crippen molar-refractivity contribution in [2.24, 2.45) is 0 Å². The SMILES string of the molecule is O=C(O)c1ncc(Cc2ccc(F)cc2)cc1NCCN1SCCCC1(O)O. The molecule has 0 aliphatic carbocycles. The van der Waals surface area contributed by atoms with Crippen molar-refractivity contribution in [2.45, 2.75) is 25.2 Å². The molecule has 4 N–H and O–H groups in total. The van der Waals surface area contributed by atoms with Crippen LogP contribution in [0.5, 0.6) is 0 Å². The molecule has 1 saturated heterocycles. The molecule has 2 aromatic rings. The minimum absolute atomic E-state index is 0.103. The molecule has 1 aliphatic rings. The van der Waals surface area contributed by atoms with Crippen molar-refractivity contribution in [3.8, 4) is 0 Å². The van der Waals surface area contributed by atoms with Crippen LogP contribution >= 0.6 is 11.9 Å². The Morgan fingerprint density at radius 1 is 1.29 bits per heavy atom. The zero-order valence-electron chi connectivity index (χ0n) is 15.1. The maximum atomic E-state index is 13.0. The number of halogens is 1. The second-order valence-corrected chi connectivity index (χ2v) is 7.70. The van der Waals surface area contributed by atoms with Crippen molar-refractivity contribution in [2.75, 3.05) is 24.2 Å². The van der Waals surface area contributed by atoms with Gasteiger partial charge < -0.3 is 20.6 Å². The molecule has 0 atom stereocenters. The number of benzene rings is 1. The van der Waals surface area contributed by atoms with Crippen molar-refractivity contribution in [3.63, 3.8) is 0 Å². The van der Waals surface area contributed by atoms with Crippen molar-refractivity contribution < 1.29 is 24.5 Å². The number of aromatic nitrogens is 1. The van der Waals surface area contributed by atoms with E-state index in [2.05, 4.69) is 10.3 Å². The Labute approximate surface area is 166 Å². The molecule has 1 aromatic heterocycles. The van der Waals surface area contributed by atoms with Crippen LogP contribution in [0.2, 0.25) is 0 Å². The van der Waals surface area contributed by atoms with E-state index in [1.165, 1.54) is 34.6 Å². The third kappa shape index (κ3) is 5.20. The number of anilines is 1. The van der Waals surface area contributed by atoms with E-state index in [-0.39, 0.29) is 17.9 Å². The highest BCUT2D eigenvalue weighted by Gasteiger charge is 2.34. The highest BCUT2D eigenvalue weighted by atomic mass is 32.2. The van der Waals surface area contributed by atoms with Gasteiger partial charge in [0, 0.05) is 31.5 Å². The quantitative estimate of drug-likeness (QED) is 0.409. The summed E-state index contributed by atoms with van der Waals surface area (Å²) in [5.41, 5.74) is 1.92. The minimum atomic E-state index is -1.86. The molecule has 0 amide bonds. The van der Waals surface area contributed by atoms with Gasteiger partial charge in [0.2, 0.25) is 5.91 Å². The number of nitrogens with zero attached hydrogens (tertiary/aromatic N) is 2. The zero-order valence-corrected chi connectivity index (χ0v) is 16.0. The number of rotatable bonds is 7. The van der Waals surface area contributed by atoms with Crippen LogP contribution in [0.4, 0.5) is 10.1 Å². The smallest absolute Gasteiger partial charge is 0.356 e. The average Bonchev–Trinajstić information content (AvgIpc) is 2.65. The molecule has 0 unspecified atom stereocenters. The Morgan fingerprint density at radius 2 is 2.04 bits per heavy atom. The van der Waals surface area contributed by atoms with Gasteiger partial charge in [0.25, 0.3) is 0 Å². The standard InChI is InChI=1S/C19H22FN3O4S/c20-15-4-2-13(3-5-15)10-14-11-16(17(18(24)25)22-12-14)21-7-8-23-19(26,27)6-1-9-28-23/h2-5,11-12,21,26-27H,1,6-10H2,(H,24,25). The monoisotopic (exact) mass is 407 g/mol. The lowest BCUT2D eigenvalue weighted by Crippen LogP contribution is -2.48. The van der Waals surface area contributed by atoms with Crippen LogP contribution in [0.25, 0.3) is 0 Å². The van der Waals surface area contributed by atoms with E-state index >= 15 is 0 Å². The van der Waals surface area contributed by atoms with E-state index in [0.29, 0.717) is 25.2 Å². The number of hydrogen-bond donors (Lipinski definition) is 4. The summed E-state index contributed by atoms with van der Waals surface area (Å²) in [6.45, 7) is 0.636. The summed E-state index contributed by atoms with van der Waals surface area (Å²) < 4.78 is 14.5. The molecule has 3 rings (SSSR count). The Morgan fingerprint density at radius 3 is 2.71 bits per heavy atom. The number of carboxylic acid groups (broad SMARTS) is 1. The van der Waals surface area contributed by atoms with Crippen molar-refractivity contribution >= 4 is 23.6 Å². The van der Waals surface area contributed by atoms with E-state index in [0.717, 1.165) is 23.3 Å². The maximum absolute atomic E-state index is 13.0. The van der Waals surface area contributed by atoms with E-state index < -0.39 is 11.9 Å². The molecule has 0 bridgehead atoms. The maximum Gasteiger partial charge on any atom is 0.356 e. The normalized spacial score (nSPS) is 16.7. The van der Waals surface area contributed by atoms with Gasteiger partial charge in [0.05, 0.1) is 5.69 Å². The van der Waals surface area contributed by atoms with Crippen LogP contribution in [0, 0.1) is 5.82 Å². The first kappa shape index (κ1) is 20.5. The summed E-state index contributed by atoms with van der Waals surface area (Å²) in [5, 5.41) is 32.4. The molecular formula is C19H22FN3O4S. The second kappa shape index (κ2) is 8.87. The third-order valence-electron chi connectivity index (χ3n) is 4.40. The van der Waals surface area contributed by atoms with Crippen molar-refractivity contribution in [3.05, 3.63) is 59.2 Å². The fourth-order valence-corrected chi connectivity index (χ4v) is 4.01. The predicted molar refractivity (Wildman–Crippen MR) is 104 cm³/mol. The van der Waals surface area contributed by atoms with Crippen molar-refractivity contribution in [1.82, 2.24) is 9.29 Å². The Bertz CT molecular complexity index is 832. The van der Waals surface area contributed by atoms with E-state index in [1.807, 2.05) is 0 Å². The molecule has 0 radical (unpaired) electrons. The van der Waals surface area contributed by atoms with Gasteiger partial charge >= 0.3 is 5.97 Å². The molecule has 28 heavy (non-hydrogen) atoms. The molecule has 9 heteroatoms. The Kier molecular flexibility index (Phi) is 6.50. The molecule has 0 spiro atoms. The summed E-state index contributed by atoms with van der Waals surface area (Å²) in [4.78, 5) is 15.5. The largest absolute Gasteiger partial charge is 0.476 e. The lowest BCUT2D eigenvalue weighted by Gasteiger charge is -2.37. The van der Waals surface area contributed by atoms with Crippen LogP contribution < -0.4 is 5.32 Å². The first-order valence-electron chi connectivity index (χ1n) is 8.91. The van der Waals surface area contributed by atoms with Gasteiger partial charge in [-0.1, -0.05) is 24.1 Å². The number of carboxylic acids is 1. The highest BCUT2D eigenvalue weighted by Crippen LogP contribution is 2.30. The lowest BCUT2D eigenvalue weighted by atomic mass is 10.1. The average molecular weight is 407 g/mol. The number of pyridine rings is 1. The van der Waals surface area contributed by atoms with Crippen LogP contribution in [-0.2, 0) is 6.42 Å². The van der Waals surface area contributed by atoms with Gasteiger partial charge in [-0.2, -0.15) is 4.31 Å². The van der Waals surface area contributed by atoms with Gasteiger partial charge in [0.15, 0.2) is 5.69 Å². The second-order valence-electron chi connectivity index (χ2n) is 6.59. The van der Waals surface area contributed by atoms with E-state index in [4.69, 9.17) is 0 Å². The lowest BCUT2D eigenvalue weighted by molar-refractivity contribution is -0.235. The number of aliphatic hydroxyl groups is 2. The summed E-state index contributed by atoms with van der Waals surface area (Å²) in [6, 6.07) is 7.79. The number of hydrogen-bond acceptors (Lipinski definition) is 7. The van der Waals surface area contributed by atoms with Crippen LogP contribution in [0.3, 0.4) is 0 Å². The first-order valence-corrected chi connectivity index (χ1v) is 9.85. The molecule has 0 saturated carbocycles. The van der Waals surface area contributed by atoms with Gasteiger partial charge in [-0.3, -0.25) is 0 Å². The van der Waals surface area contributed by atoms with E-state index in [1.54, 1.807) is 18.2 Å². The molecule has 2 heterocycles. The summed E-state index contributed by atoms with van der Waals surface area (Å²) in [5.74, 6) is -2.52. The molecule has 7 nitrogen and oxygen atoms in total. The molecular weight excluding hydrogens is 385 g/mol. The molecule has 1 aliphatic heterocycles. The molecule has 1 aromatic carbocycles. The van der Waals surface area contributed by atoms with Crippen LogP contribution in [0.1, 0.15) is 34.5 Å². The minimum Gasteiger partial charge on any atom is -0.476 e.